The molecule has 19 heavy (non-hydrogen) atoms. The molecule has 0 fully saturated rings. The molecule has 3 heterocycles. The van der Waals surface area contributed by atoms with Crippen molar-refractivity contribution in [2.45, 2.75) is 0 Å². The van der Waals surface area contributed by atoms with Crippen LogP contribution >= 0.6 is 0 Å². The molecule has 0 aromatic carbocycles. The third kappa shape index (κ3) is 3.94. The second-order valence-electron chi connectivity index (χ2n) is 3.36. The maximum Gasteiger partial charge on any atom is 2.00 e. The fourth-order valence-electron chi connectivity index (χ4n) is 1.57. The number of hydrogen-bond donors (Lipinski definition) is 0. The maximum absolute atomic E-state index is 4.45. The predicted octanol–water partition coefficient (Wildman–Crippen LogP) is -5.25. The van der Waals surface area contributed by atoms with Crippen molar-refractivity contribution in [2.75, 3.05) is 13.1 Å². The Morgan fingerprint density at radius 1 is 0.789 bits per heavy atom. The third-order valence-electron chi connectivity index (χ3n) is 2.28. The maximum atomic E-state index is 4.45. The Balaban J connectivity index is 0.00000108. The summed E-state index contributed by atoms with van der Waals surface area (Å²) in [5, 5.41) is 0. The van der Waals surface area contributed by atoms with Gasteiger partial charge in [-0.3, -0.25) is 9.98 Å². The van der Waals surface area contributed by atoms with Gasteiger partial charge in [0.05, 0.1) is 13.1 Å². The third-order valence-corrected chi connectivity index (χ3v) is 2.28. The molecule has 100 valence electrons. The molecular weight excluding hydrogens is 329 g/mol. The number of rotatable bonds is 2. The molecule has 1 aromatic rings. The molecule has 0 bridgehead atoms. The van der Waals surface area contributed by atoms with Crippen LogP contribution in [0.3, 0.4) is 0 Å². The number of hydrogen-bond acceptors (Lipinski definition) is 5. The van der Waals surface area contributed by atoms with E-state index in [1.165, 1.54) is 0 Å². The molecule has 0 unspecified atom stereocenters. The van der Waals surface area contributed by atoms with Gasteiger partial charge >= 0.3 is 17.1 Å². The van der Waals surface area contributed by atoms with Crippen LogP contribution in [0.2, 0.25) is 0 Å². The van der Waals surface area contributed by atoms with E-state index in [0.29, 0.717) is 24.8 Å². The van der Waals surface area contributed by atoms with Crippen molar-refractivity contribution in [2.24, 2.45) is 20.0 Å². The summed E-state index contributed by atoms with van der Waals surface area (Å²) in [6, 6.07) is 5.71. The number of pyridine rings is 1. The van der Waals surface area contributed by atoms with Gasteiger partial charge < -0.3 is 24.8 Å². The van der Waals surface area contributed by atoms with Crippen LogP contribution in [0.1, 0.15) is 11.4 Å². The van der Waals surface area contributed by atoms with Crippen LogP contribution in [-0.2, 0) is 17.1 Å². The van der Waals surface area contributed by atoms with Crippen molar-refractivity contribution < 1.29 is 41.9 Å². The van der Waals surface area contributed by atoms with Crippen molar-refractivity contribution in [3.63, 3.8) is 0 Å². The zero-order valence-corrected chi connectivity index (χ0v) is 12.3. The van der Waals surface area contributed by atoms with E-state index < -0.39 is 0 Å². The van der Waals surface area contributed by atoms with Crippen molar-refractivity contribution in [3.8, 4) is 0 Å². The van der Waals surface area contributed by atoms with E-state index in [9.17, 15) is 0 Å². The number of aromatic nitrogens is 1. The predicted molar refractivity (Wildman–Crippen MR) is 64.0 cm³/mol. The monoisotopic (exact) mass is 337 g/mol. The zero-order chi connectivity index (χ0) is 10.8. The number of nitrogens with zero attached hydrogens (tertiary/aromatic N) is 5. The van der Waals surface area contributed by atoms with E-state index in [2.05, 4.69) is 25.0 Å². The molecule has 2 aliphatic rings. The Hall–Kier alpha value is -1.07. The average Bonchev–Trinajstić information content (AvgIpc) is 3.03. The van der Waals surface area contributed by atoms with Gasteiger partial charge in [0.25, 0.3) is 0 Å². The van der Waals surface area contributed by atoms with Crippen LogP contribution in [0.4, 0.5) is 0 Å². The summed E-state index contributed by atoms with van der Waals surface area (Å²) < 4.78 is 0. The van der Waals surface area contributed by atoms with Gasteiger partial charge in [0.2, 0.25) is 0 Å². The van der Waals surface area contributed by atoms with Gasteiger partial charge in [-0.15, -0.1) is 0 Å². The molecule has 5 nitrogen and oxygen atoms in total. The van der Waals surface area contributed by atoms with E-state index in [-0.39, 0.29) is 41.9 Å². The van der Waals surface area contributed by atoms with E-state index in [4.69, 9.17) is 0 Å². The van der Waals surface area contributed by atoms with Crippen molar-refractivity contribution in [3.05, 3.63) is 29.6 Å². The van der Waals surface area contributed by atoms with Gasteiger partial charge in [-0.1, -0.05) is 6.07 Å². The first-order chi connectivity index (χ1) is 7.93. The van der Waals surface area contributed by atoms with E-state index >= 15 is 0 Å². The number of amidine groups is 2. The molecule has 0 aliphatic carbocycles. The van der Waals surface area contributed by atoms with Crippen LogP contribution in [0, 0.1) is 0 Å². The van der Waals surface area contributed by atoms with Crippen molar-refractivity contribution >= 4 is 24.1 Å². The Morgan fingerprint density at radius 3 is 1.63 bits per heavy atom. The fourth-order valence-corrected chi connectivity index (χ4v) is 1.57. The quantitative estimate of drug-likeness (QED) is 0.497. The summed E-state index contributed by atoms with van der Waals surface area (Å²) in [7, 11) is 0. The largest absolute Gasteiger partial charge is 2.00 e. The summed E-state index contributed by atoms with van der Waals surface area (Å²) in [4.78, 5) is 21.2. The van der Waals surface area contributed by atoms with Crippen LogP contribution in [0.25, 0.3) is 0 Å². The standard InChI is InChI=1S/C11H9N5.2ClH.Fe/c1-2-8(10-12-4-5-13-10)16-9(3-1)11-14-6-7-15-11;;;/h1-4,6H,5,7H2;2*1H;/q;;;+2/p-2. The van der Waals surface area contributed by atoms with Crippen molar-refractivity contribution in [1.82, 2.24) is 4.98 Å². The Kier molecular flexibility index (Phi) is 7.71. The number of aliphatic imine (C=N–C) groups is 4. The molecule has 0 N–H and O–H groups in total. The molecule has 0 amide bonds. The molecule has 8 heteroatoms. The molecule has 0 saturated carbocycles. The first-order valence-electron chi connectivity index (χ1n) is 5.05. The molecule has 1 aromatic heterocycles. The smallest absolute Gasteiger partial charge is 1.00 e. The minimum Gasteiger partial charge on any atom is -1.00 e. The van der Waals surface area contributed by atoms with Crippen LogP contribution in [0.5, 0.6) is 0 Å². The molecule has 3 rings (SSSR count). The first kappa shape index (κ1) is 17.9. The van der Waals surface area contributed by atoms with Crippen LogP contribution in [-0.4, -0.2) is 42.2 Å². The minimum absolute atomic E-state index is 0. The van der Waals surface area contributed by atoms with Gasteiger partial charge in [0.1, 0.15) is 11.4 Å². The van der Waals surface area contributed by atoms with Crippen LogP contribution < -0.4 is 24.8 Å². The fraction of sp³-hybridized carbons (Fsp3) is 0.182. The summed E-state index contributed by atoms with van der Waals surface area (Å²) in [5.74, 6) is 1.37. The molecule has 2 aliphatic heterocycles. The van der Waals surface area contributed by atoms with Crippen LogP contribution in [0.15, 0.2) is 38.2 Å². The molecule has 0 atom stereocenters. The van der Waals surface area contributed by atoms with E-state index in [1.807, 2.05) is 18.2 Å². The second kappa shape index (κ2) is 8.17. The number of halogens is 2. The van der Waals surface area contributed by atoms with Crippen molar-refractivity contribution in [1.29, 1.82) is 0 Å². The van der Waals surface area contributed by atoms with Gasteiger partial charge in [-0.2, -0.15) is 0 Å². The average molecular weight is 338 g/mol. The summed E-state index contributed by atoms with van der Waals surface area (Å²) >= 11 is 0. The van der Waals surface area contributed by atoms with Gasteiger partial charge in [0, 0.05) is 12.4 Å². The van der Waals surface area contributed by atoms with E-state index in [1.54, 1.807) is 12.4 Å². The summed E-state index contributed by atoms with van der Waals surface area (Å²) in [5.41, 5.74) is 1.55. The Bertz CT molecular complexity index is 509. The first-order valence-corrected chi connectivity index (χ1v) is 5.05. The Morgan fingerprint density at radius 2 is 1.26 bits per heavy atom. The second-order valence-corrected chi connectivity index (χ2v) is 3.36. The van der Waals surface area contributed by atoms with Gasteiger partial charge in [-0.05, 0) is 12.1 Å². The normalized spacial score (nSPS) is 14.9. The molecule has 0 radical (unpaired) electrons. The molecule has 0 spiro atoms. The summed E-state index contributed by atoms with van der Waals surface area (Å²) in [6.07, 6.45) is 3.55. The summed E-state index contributed by atoms with van der Waals surface area (Å²) in [6.45, 7) is 1.28. The van der Waals surface area contributed by atoms with E-state index in [0.717, 1.165) is 11.4 Å². The topological polar surface area (TPSA) is 62.3 Å². The van der Waals surface area contributed by atoms with Gasteiger partial charge in [0.15, 0.2) is 11.7 Å². The SMILES string of the molecule is C1=NC(c2cccc(C3=NCC=N3)n2)=NC1.[Cl-].[Cl-].[Fe+2]. The molecule has 0 saturated heterocycles. The van der Waals surface area contributed by atoms with Gasteiger partial charge in [-0.25, -0.2) is 15.0 Å². The Labute approximate surface area is 133 Å². The minimum atomic E-state index is 0. The molecular formula is C11H9Cl2FeN5. The zero-order valence-electron chi connectivity index (χ0n) is 9.65.